The minimum atomic E-state index is -4.98. The van der Waals surface area contributed by atoms with Crippen LogP contribution in [0, 0.1) is 0 Å². The maximum absolute atomic E-state index is 13.1. The van der Waals surface area contributed by atoms with Crippen LogP contribution in [-0.4, -0.2) is 96.7 Å². The van der Waals surface area contributed by atoms with Crippen molar-refractivity contribution in [3.8, 4) is 0 Å². The zero-order valence-corrected chi connectivity index (χ0v) is 65.4. The van der Waals surface area contributed by atoms with Crippen LogP contribution in [0.2, 0.25) is 0 Å². The van der Waals surface area contributed by atoms with Gasteiger partial charge in [0.2, 0.25) is 0 Å². The Morgan fingerprint density at radius 2 is 0.520 bits per heavy atom. The van der Waals surface area contributed by atoms with Gasteiger partial charge in [-0.3, -0.25) is 37.3 Å². The summed E-state index contributed by atoms with van der Waals surface area (Å²) in [6.45, 7) is 4.77. The summed E-state index contributed by atoms with van der Waals surface area (Å²) in [5.41, 5.74) is 0. The third-order valence-corrected chi connectivity index (χ3v) is 19.1. The Labute approximate surface area is 609 Å². The average Bonchev–Trinajstić information content (AvgIpc) is 0.946. The number of carbonyl (C=O) groups is 4. The van der Waals surface area contributed by atoms with Crippen LogP contribution in [0.1, 0.15) is 362 Å². The van der Waals surface area contributed by atoms with E-state index in [1.165, 1.54) is 116 Å². The van der Waals surface area contributed by atoms with Gasteiger partial charge in [-0.1, -0.05) is 293 Å². The molecular weight excluding hydrogens is 1310 g/mol. The summed E-state index contributed by atoms with van der Waals surface area (Å²) in [5.74, 6) is -2.18. The molecule has 5 atom stereocenters. The molecule has 0 aliphatic rings. The highest BCUT2D eigenvalue weighted by Crippen LogP contribution is 2.45. The van der Waals surface area contributed by atoms with Gasteiger partial charge in [0.05, 0.1) is 26.4 Å². The van der Waals surface area contributed by atoms with Gasteiger partial charge in [0.25, 0.3) is 0 Å². The lowest BCUT2D eigenvalue weighted by Crippen LogP contribution is -2.30. The average molecular weight is 1450 g/mol. The summed E-state index contributed by atoms with van der Waals surface area (Å²) in [7, 11) is -9.95. The van der Waals surface area contributed by atoms with Gasteiger partial charge in [-0.2, -0.15) is 0 Å². The first-order valence-electron chi connectivity index (χ1n) is 40.2. The Kier molecular flexibility index (Phi) is 71.2. The molecule has 0 aromatic rings. The first-order valence-corrected chi connectivity index (χ1v) is 43.2. The van der Waals surface area contributed by atoms with Crippen molar-refractivity contribution >= 4 is 39.5 Å². The van der Waals surface area contributed by atoms with Gasteiger partial charge >= 0.3 is 39.5 Å². The summed E-state index contributed by atoms with van der Waals surface area (Å²) < 4.78 is 68.6. The van der Waals surface area contributed by atoms with Crippen LogP contribution in [0.5, 0.6) is 0 Å². The molecule has 0 amide bonds. The Morgan fingerprint density at radius 3 is 0.820 bits per heavy atom. The zero-order valence-electron chi connectivity index (χ0n) is 63.6. The van der Waals surface area contributed by atoms with E-state index >= 15 is 0 Å². The molecule has 5 unspecified atom stereocenters. The Bertz CT molecular complexity index is 2180. The number of ether oxygens (including phenoxy) is 4. The van der Waals surface area contributed by atoms with Gasteiger partial charge in [-0.15, -0.1) is 0 Å². The molecule has 0 rings (SSSR count). The lowest BCUT2D eigenvalue weighted by atomic mass is 10.0. The highest BCUT2D eigenvalue weighted by Gasteiger charge is 2.30. The van der Waals surface area contributed by atoms with Gasteiger partial charge in [-0.05, 0) is 116 Å². The molecule has 0 aliphatic heterocycles. The van der Waals surface area contributed by atoms with E-state index in [0.717, 1.165) is 167 Å². The van der Waals surface area contributed by atoms with Crippen molar-refractivity contribution in [2.24, 2.45) is 0 Å². The fourth-order valence-electron chi connectivity index (χ4n) is 11.0. The normalized spacial score (nSPS) is 14.3. The molecule has 0 bridgehead atoms. The molecule has 0 aliphatic carbocycles. The van der Waals surface area contributed by atoms with Crippen molar-refractivity contribution in [2.45, 2.75) is 380 Å². The minimum Gasteiger partial charge on any atom is -0.462 e. The van der Waals surface area contributed by atoms with E-state index in [2.05, 4.69) is 101 Å². The number of aliphatic hydroxyl groups is 1. The second kappa shape index (κ2) is 73.8. The van der Waals surface area contributed by atoms with E-state index in [-0.39, 0.29) is 25.7 Å². The van der Waals surface area contributed by atoms with Gasteiger partial charge in [0.1, 0.15) is 19.3 Å². The number of rotatable bonds is 76. The van der Waals surface area contributed by atoms with Gasteiger partial charge in [0.15, 0.2) is 12.2 Å². The van der Waals surface area contributed by atoms with Crippen LogP contribution in [0.4, 0.5) is 0 Å². The van der Waals surface area contributed by atoms with Gasteiger partial charge < -0.3 is 33.8 Å². The largest absolute Gasteiger partial charge is 0.472 e. The Morgan fingerprint density at radius 1 is 0.290 bits per heavy atom. The molecule has 100 heavy (non-hydrogen) atoms. The summed E-state index contributed by atoms with van der Waals surface area (Å²) in [6, 6.07) is 0. The van der Waals surface area contributed by atoms with Crippen molar-refractivity contribution < 1.29 is 80.2 Å². The van der Waals surface area contributed by atoms with E-state index in [1.54, 1.807) is 0 Å². The molecule has 0 aromatic heterocycles. The maximum Gasteiger partial charge on any atom is 0.472 e. The number of unbranched alkanes of at least 4 members (excludes halogenated alkanes) is 38. The van der Waals surface area contributed by atoms with E-state index < -0.39 is 97.5 Å². The quantitative estimate of drug-likeness (QED) is 0.0169. The fourth-order valence-corrected chi connectivity index (χ4v) is 12.6. The van der Waals surface area contributed by atoms with Crippen LogP contribution in [0.3, 0.4) is 0 Å². The second-order valence-corrected chi connectivity index (χ2v) is 29.9. The molecule has 0 saturated carbocycles. The summed E-state index contributed by atoms with van der Waals surface area (Å²) in [6.07, 6.45) is 74.5. The molecule has 582 valence electrons. The SMILES string of the molecule is CC/C=C\C/C=C\C/C=C\C/C=C\CCCCCCCCC(=O)OCC(COP(=O)(O)OCC(O)COP(=O)(O)OCC(COC(=O)CCCCCCC/C=C\CCCCCC)OC(=O)CCCCCCCCCCCCCCC)OC(=O)CCCCCCC/C=C\CCCCCCCC. The summed E-state index contributed by atoms with van der Waals surface area (Å²) in [4.78, 5) is 73.0. The molecule has 3 N–H and O–H groups in total. The number of phosphoric ester groups is 2. The van der Waals surface area contributed by atoms with Crippen LogP contribution in [-0.2, 0) is 65.4 Å². The van der Waals surface area contributed by atoms with Crippen molar-refractivity contribution in [1.82, 2.24) is 0 Å². The first-order chi connectivity index (χ1) is 48.7. The molecule has 17 nitrogen and oxygen atoms in total. The number of carbonyl (C=O) groups excluding carboxylic acids is 4. The Balaban J connectivity index is 5.33. The fraction of sp³-hybridized carbons (Fsp3) is 0.802. The van der Waals surface area contributed by atoms with E-state index in [9.17, 15) is 43.2 Å². The number of aliphatic hydroxyl groups excluding tert-OH is 1. The third-order valence-electron chi connectivity index (χ3n) is 17.2. The van der Waals surface area contributed by atoms with E-state index in [0.29, 0.717) is 25.7 Å². The van der Waals surface area contributed by atoms with Crippen molar-refractivity contribution in [1.29, 1.82) is 0 Å². The van der Waals surface area contributed by atoms with Gasteiger partial charge in [0, 0.05) is 25.7 Å². The molecule has 0 radical (unpaired) electrons. The molecule has 0 heterocycles. The van der Waals surface area contributed by atoms with Crippen molar-refractivity contribution in [2.75, 3.05) is 39.6 Å². The lowest BCUT2D eigenvalue weighted by Gasteiger charge is -2.21. The topological polar surface area (TPSA) is 237 Å². The number of allylic oxidation sites excluding steroid dienone is 12. The minimum absolute atomic E-state index is 0.0843. The monoisotopic (exact) mass is 1450 g/mol. The molecule has 19 heteroatoms. The predicted molar refractivity (Wildman–Crippen MR) is 409 cm³/mol. The Hall–Kier alpha value is -3.50. The molecule has 0 spiro atoms. The smallest absolute Gasteiger partial charge is 0.462 e. The predicted octanol–water partition coefficient (Wildman–Crippen LogP) is 23.2. The first kappa shape index (κ1) is 96.5. The number of hydrogen-bond donors (Lipinski definition) is 3. The highest BCUT2D eigenvalue weighted by atomic mass is 31.2. The standard InChI is InChI=1S/C81H146O17P2/c1-5-9-13-17-21-25-29-33-35-36-37-38-40-43-46-50-54-58-62-66-79(84)92-72-77(98-81(86)68-64-60-56-52-48-44-39-34-30-26-22-18-14-10-6-2)74-96-100(89,90)94-70-75(82)69-93-99(87,88)95-73-76(97-80(85)67-63-59-55-51-47-42-32-28-24-20-16-12-8-4)71-91-78(83)65-61-57-53-49-45-41-31-27-23-19-15-11-7-3/h9,13,21,25,27,31,33-35,37-39,75-77,82H,5-8,10-12,14-20,22-24,26,28-30,32,36,40-74H2,1-4H3,(H,87,88)(H,89,90)/b13-9-,25-21-,31-27-,35-33-,38-37-,39-34-. The van der Waals surface area contributed by atoms with Crippen LogP contribution in [0.15, 0.2) is 72.9 Å². The van der Waals surface area contributed by atoms with Crippen LogP contribution >= 0.6 is 15.6 Å². The van der Waals surface area contributed by atoms with E-state index in [1.807, 2.05) is 0 Å². The van der Waals surface area contributed by atoms with Crippen molar-refractivity contribution in [3.05, 3.63) is 72.9 Å². The highest BCUT2D eigenvalue weighted by molar-refractivity contribution is 7.47. The number of hydrogen-bond acceptors (Lipinski definition) is 15. The number of esters is 4. The van der Waals surface area contributed by atoms with E-state index in [4.69, 9.17) is 37.0 Å². The molecule has 0 fully saturated rings. The number of phosphoric acid groups is 2. The molecule has 0 saturated heterocycles. The van der Waals surface area contributed by atoms with Crippen molar-refractivity contribution in [3.63, 3.8) is 0 Å². The zero-order chi connectivity index (χ0) is 73.2. The molecular formula is C81H146O17P2. The third kappa shape index (κ3) is 72.8. The summed E-state index contributed by atoms with van der Waals surface area (Å²) in [5, 5.41) is 10.6. The summed E-state index contributed by atoms with van der Waals surface area (Å²) >= 11 is 0. The molecule has 0 aromatic carbocycles. The lowest BCUT2D eigenvalue weighted by molar-refractivity contribution is -0.161. The van der Waals surface area contributed by atoms with Crippen LogP contribution < -0.4 is 0 Å². The van der Waals surface area contributed by atoms with Crippen LogP contribution in [0.25, 0.3) is 0 Å². The van der Waals surface area contributed by atoms with Gasteiger partial charge in [-0.25, -0.2) is 9.13 Å². The second-order valence-electron chi connectivity index (χ2n) is 27.0. The maximum atomic E-state index is 13.1.